The highest BCUT2D eigenvalue weighted by molar-refractivity contribution is 5.05. The minimum atomic E-state index is 0.891. The molecule has 0 spiro atoms. The Morgan fingerprint density at radius 2 is 1.17 bits per heavy atom. The molecule has 2 radical (unpaired) electrons. The zero-order chi connectivity index (χ0) is 8.23. The molecule has 0 aromatic heterocycles. The maximum absolute atomic E-state index is 5.57. The van der Waals surface area contributed by atoms with Gasteiger partial charge in [-0.05, 0) is 38.5 Å². The van der Waals surface area contributed by atoms with Crippen molar-refractivity contribution in [1.29, 1.82) is 0 Å². The maximum atomic E-state index is 5.57. The molecule has 2 heteroatoms. The van der Waals surface area contributed by atoms with Gasteiger partial charge in [0.25, 0.3) is 0 Å². The molecular weight excluding hydrogens is 152 g/mol. The second kappa shape index (κ2) is 4.24. The number of hydrogen-bond acceptors (Lipinski definition) is 2. The summed E-state index contributed by atoms with van der Waals surface area (Å²) in [6, 6.07) is 0. The van der Waals surface area contributed by atoms with Crippen LogP contribution in [-0.2, 0) is 9.47 Å². The molecule has 2 aliphatic rings. The molecular formula is C10H16O2. The van der Waals surface area contributed by atoms with E-state index >= 15 is 0 Å². The van der Waals surface area contributed by atoms with Crippen LogP contribution in [0.1, 0.15) is 38.5 Å². The van der Waals surface area contributed by atoms with Crippen LogP contribution in [0.2, 0.25) is 0 Å². The molecule has 0 bridgehead atoms. The van der Waals surface area contributed by atoms with E-state index in [0.29, 0.717) is 0 Å². The molecule has 68 valence electrons. The second-order valence-electron chi connectivity index (χ2n) is 3.46. The Hall–Kier alpha value is -0.0800. The summed E-state index contributed by atoms with van der Waals surface area (Å²) in [5.41, 5.74) is 0. The molecule has 12 heavy (non-hydrogen) atoms. The molecule has 0 amide bonds. The summed E-state index contributed by atoms with van der Waals surface area (Å²) in [6.45, 7) is 1.78. The predicted octanol–water partition coefficient (Wildman–Crippen LogP) is 2.45. The van der Waals surface area contributed by atoms with Crippen molar-refractivity contribution in [2.45, 2.75) is 38.5 Å². The molecule has 0 atom stereocenters. The molecule has 0 aromatic carbocycles. The third-order valence-corrected chi connectivity index (χ3v) is 2.46. The first-order valence-electron chi connectivity index (χ1n) is 4.94. The number of rotatable bonds is 1. The van der Waals surface area contributed by atoms with Gasteiger partial charge in [-0.25, -0.2) is 0 Å². The van der Waals surface area contributed by atoms with Crippen molar-refractivity contribution in [1.82, 2.24) is 0 Å². The van der Waals surface area contributed by atoms with Crippen molar-refractivity contribution in [3.8, 4) is 0 Å². The summed E-state index contributed by atoms with van der Waals surface area (Å²) in [6.07, 6.45) is 9.41. The van der Waals surface area contributed by atoms with E-state index < -0.39 is 0 Å². The van der Waals surface area contributed by atoms with Gasteiger partial charge in [0.2, 0.25) is 0 Å². The fraction of sp³-hybridized carbons (Fsp3) is 0.800. The first kappa shape index (κ1) is 8.52. The molecule has 2 aliphatic heterocycles. The topological polar surface area (TPSA) is 18.5 Å². The fourth-order valence-electron chi connectivity index (χ4n) is 1.75. The standard InChI is InChI=1S/C10H16O2/c1-3-7-11-9(5-1)10-6-2-4-8-12-10/h1-8H2. The molecule has 2 nitrogen and oxygen atoms in total. The quantitative estimate of drug-likeness (QED) is 0.598. The molecule has 0 aliphatic carbocycles. The van der Waals surface area contributed by atoms with Crippen molar-refractivity contribution in [3.05, 3.63) is 12.2 Å². The van der Waals surface area contributed by atoms with Crippen LogP contribution in [0.5, 0.6) is 0 Å². The predicted molar refractivity (Wildman–Crippen MR) is 46.1 cm³/mol. The average molecular weight is 168 g/mol. The lowest BCUT2D eigenvalue weighted by Crippen LogP contribution is -2.23. The SMILES string of the molecule is C1CC[C]([C]2CCCCO2)OC1. The van der Waals surface area contributed by atoms with Gasteiger partial charge in [0, 0.05) is 13.2 Å². The van der Waals surface area contributed by atoms with E-state index in [1.807, 2.05) is 0 Å². The van der Waals surface area contributed by atoms with Crippen molar-refractivity contribution in [3.63, 3.8) is 0 Å². The molecule has 2 heterocycles. The minimum Gasteiger partial charge on any atom is -0.369 e. The van der Waals surface area contributed by atoms with Gasteiger partial charge in [0.15, 0.2) is 0 Å². The van der Waals surface area contributed by atoms with E-state index in [0.717, 1.165) is 38.3 Å². The van der Waals surface area contributed by atoms with Gasteiger partial charge in [-0.2, -0.15) is 0 Å². The van der Waals surface area contributed by atoms with Gasteiger partial charge < -0.3 is 9.47 Å². The largest absolute Gasteiger partial charge is 0.369 e. The van der Waals surface area contributed by atoms with Gasteiger partial charge in [0.1, 0.15) is 12.2 Å². The van der Waals surface area contributed by atoms with Crippen molar-refractivity contribution in [2.24, 2.45) is 0 Å². The molecule has 2 saturated heterocycles. The first-order chi connectivity index (χ1) is 5.97. The summed E-state index contributed by atoms with van der Waals surface area (Å²) < 4.78 is 11.1. The van der Waals surface area contributed by atoms with Crippen LogP contribution in [0.15, 0.2) is 0 Å². The lowest BCUT2D eigenvalue weighted by Gasteiger charge is -2.30. The van der Waals surface area contributed by atoms with E-state index in [2.05, 4.69) is 0 Å². The molecule has 2 fully saturated rings. The molecule has 0 unspecified atom stereocenters. The monoisotopic (exact) mass is 168 g/mol. The van der Waals surface area contributed by atoms with Crippen LogP contribution in [0.4, 0.5) is 0 Å². The third kappa shape index (κ3) is 1.99. The summed E-state index contributed by atoms with van der Waals surface area (Å²) in [5.74, 6) is 0. The second-order valence-corrected chi connectivity index (χ2v) is 3.46. The Morgan fingerprint density at radius 3 is 1.50 bits per heavy atom. The Balaban J connectivity index is 1.80. The fourth-order valence-corrected chi connectivity index (χ4v) is 1.75. The van der Waals surface area contributed by atoms with E-state index in [1.165, 1.54) is 25.7 Å². The van der Waals surface area contributed by atoms with Crippen LogP contribution in [-0.4, -0.2) is 13.2 Å². The molecule has 0 aromatic rings. The van der Waals surface area contributed by atoms with Crippen LogP contribution < -0.4 is 0 Å². The Bertz CT molecular complexity index is 108. The van der Waals surface area contributed by atoms with Crippen molar-refractivity contribution in [2.75, 3.05) is 13.2 Å². The molecule has 2 rings (SSSR count). The highest BCUT2D eigenvalue weighted by atomic mass is 16.5. The highest BCUT2D eigenvalue weighted by Crippen LogP contribution is 2.34. The summed E-state index contributed by atoms with van der Waals surface area (Å²) in [7, 11) is 0. The van der Waals surface area contributed by atoms with Gasteiger partial charge in [-0.1, -0.05) is 0 Å². The van der Waals surface area contributed by atoms with Gasteiger partial charge in [-0.15, -0.1) is 0 Å². The molecule has 0 saturated carbocycles. The Morgan fingerprint density at radius 1 is 0.667 bits per heavy atom. The van der Waals surface area contributed by atoms with Gasteiger partial charge >= 0.3 is 0 Å². The van der Waals surface area contributed by atoms with Crippen LogP contribution in [0.3, 0.4) is 0 Å². The van der Waals surface area contributed by atoms with E-state index in [4.69, 9.17) is 9.47 Å². The summed E-state index contributed by atoms with van der Waals surface area (Å²) in [4.78, 5) is 0. The lowest BCUT2D eigenvalue weighted by atomic mass is 9.98. The minimum absolute atomic E-state index is 0.891. The Kier molecular flexibility index (Phi) is 3.01. The van der Waals surface area contributed by atoms with E-state index in [1.54, 1.807) is 0 Å². The van der Waals surface area contributed by atoms with Crippen LogP contribution in [0.25, 0.3) is 0 Å². The normalized spacial score (nSPS) is 29.0. The smallest absolute Gasteiger partial charge is 0.132 e. The highest BCUT2D eigenvalue weighted by Gasteiger charge is 2.28. The number of hydrogen-bond donors (Lipinski definition) is 0. The number of ether oxygens (including phenoxy) is 2. The third-order valence-electron chi connectivity index (χ3n) is 2.46. The molecule has 0 N–H and O–H groups in total. The first-order valence-corrected chi connectivity index (χ1v) is 4.94. The zero-order valence-electron chi connectivity index (χ0n) is 7.47. The zero-order valence-corrected chi connectivity index (χ0v) is 7.47. The van der Waals surface area contributed by atoms with Crippen LogP contribution >= 0.6 is 0 Å². The Labute approximate surface area is 74.2 Å². The summed E-state index contributed by atoms with van der Waals surface area (Å²) in [5, 5.41) is 0. The summed E-state index contributed by atoms with van der Waals surface area (Å²) >= 11 is 0. The van der Waals surface area contributed by atoms with E-state index in [-0.39, 0.29) is 0 Å². The average Bonchev–Trinajstić information content (AvgIpc) is 2.21. The van der Waals surface area contributed by atoms with Gasteiger partial charge in [0.05, 0.1) is 0 Å². The lowest BCUT2D eigenvalue weighted by molar-refractivity contribution is 0.0124. The van der Waals surface area contributed by atoms with Gasteiger partial charge in [-0.3, -0.25) is 0 Å². The van der Waals surface area contributed by atoms with E-state index in [9.17, 15) is 0 Å². The maximum Gasteiger partial charge on any atom is 0.132 e. The van der Waals surface area contributed by atoms with Crippen LogP contribution in [0, 0.1) is 12.2 Å². The van der Waals surface area contributed by atoms with Crippen molar-refractivity contribution < 1.29 is 9.47 Å². The van der Waals surface area contributed by atoms with Crippen molar-refractivity contribution >= 4 is 0 Å².